The van der Waals surface area contributed by atoms with Crippen LogP contribution in [-0.2, 0) is 0 Å². The van der Waals surface area contributed by atoms with Gasteiger partial charge in [0.25, 0.3) is 0 Å². The summed E-state index contributed by atoms with van der Waals surface area (Å²) in [5.41, 5.74) is 0. The summed E-state index contributed by atoms with van der Waals surface area (Å²) in [6.07, 6.45) is 0. The molecule has 6 heteroatoms. The smallest absolute Gasteiger partial charge is 0.116 e. The van der Waals surface area contributed by atoms with Crippen molar-refractivity contribution in [2.24, 2.45) is 0 Å². The summed E-state index contributed by atoms with van der Waals surface area (Å²) in [4.78, 5) is 7.19. The Balaban J connectivity index is -0.000000605. The minimum absolute atomic E-state index is 0. The average Bonchev–Trinajstić information content (AvgIpc) is 1.76. The van der Waals surface area contributed by atoms with Crippen LogP contribution in [0.3, 0.4) is 0 Å². The van der Waals surface area contributed by atoms with Crippen molar-refractivity contribution in [3.05, 3.63) is 0 Å². The van der Waals surface area contributed by atoms with Crippen molar-refractivity contribution in [2.75, 3.05) is 13.1 Å². The van der Waals surface area contributed by atoms with Crippen LogP contribution in [0.4, 0.5) is 0 Å². The zero-order chi connectivity index (χ0) is 9.83. The van der Waals surface area contributed by atoms with Crippen molar-refractivity contribution in [1.82, 2.24) is 9.96 Å². The van der Waals surface area contributed by atoms with Crippen LogP contribution in [-0.4, -0.2) is 67.3 Å². The van der Waals surface area contributed by atoms with Gasteiger partial charge in [-0.1, -0.05) is 39.3 Å². The van der Waals surface area contributed by atoms with E-state index in [0.29, 0.717) is 0 Å². The van der Waals surface area contributed by atoms with Crippen molar-refractivity contribution in [2.45, 2.75) is 39.3 Å². The monoisotopic (exact) mass is 218 g/mol. The van der Waals surface area contributed by atoms with Crippen LogP contribution in [0.1, 0.15) is 0 Å². The largest absolute Gasteiger partial charge is 0.336 e. The SMILES string of the molecule is C[Si](C)(C)NCCN[Si](C)(C)C.[Li].[Li]. The normalized spacial score (nSPS) is 11.6. The molecule has 0 saturated carbocycles. The molecule has 0 spiro atoms. The minimum atomic E-state index is -1.03. The fourth-order valence-electron chi connectivity index (χ4n) is 0.875. The molecule has 0 aliphatic carbocycles. The Bertz CT molecular complexity index is 116. The number of rotatable bonds is 5. The van der Waals surface area contributed by atoms with Gasteiger partial charge in [-0.05, 0) is 0 Å². The maximum Gasteiger partial charge on any atom is 0.116 e. The van der Waals surface area contributed by atoms with Crippen LogP contribution >= 0.6 is 0 Å². The predicted octanol–water partition coefficient (Wildman–Crippen LogP) is 1.07. The number of hydrogen-bond acceptors (Lipinski definition) is 2. The van der Waals surface area contributed by atoms with Gasteiger partial charge in [-0.2, -0.15) is 0 Å². The Morgan fingerprint density at radius 1 is 0.643 bits per heavy atom. The van der Waals surface area contributed by atoms with Gasteiger partial charge in [0.1, 0.15) is 16.5 Å². The van der Waals surface area contributed by atoms with Crippen LogP contribution in [0.25, 0.3) is 0 Å². The summed E-state index contributed by atoms with van der Waals surface area (Å²) in [5.74, 6) is 0. The van der Waals surface area contributed by atoms with E-state index in [0.717, 1.165) is 13.1 Å². The van der Waals surface area contributed by atoms with Gasteiger partial charge in [0.2, 0.25) is 0 Å². The van der Waals surface area contributed by atoms with Gasteiger partial charge in [0.15, 0.2) is 0 Å². The molecule has 0 amide bonds. The molecule has 0 fully saturated rings. The molecule has 2 radical (unpaired) electrons. The molecule has 76 valence electrons. The van der Waals surface area contributed by atoms with E-state index in [9.17, 15) is 0 Å². The summed E-state index contributed by atoms with van der Waals surface area (Å²) >= 11 is 0. The molecule has 0 aliphatic rings. The molecule has 0 aromatic carbocycles. The molecular formula is C8H24Li2N2Si2. The minimum Gasteiger partial charge on any atom is -0.336 e. The first-order chi connectivity index (χ1) is 5.21. The van der Waals surface area contributed by atoms with Crippen molar-refractivity contribution in [1.29, 1.82) is 0 Å². The molecule has 0 atom stereocenters. The summed E-state index contributed by atoms with van der Waals surface area (Å²) in [6.45, 7) is 16.3. The zero-order valence-corrected chi connectivity index (χ0v) is 13.4. The van der Waals surface area contributed by atoms with Gasteiger partial charge in [-0.25, -0.2) is 0 Å². The quantitative estimate of drug-likeness (QED) is 0.533. The molecule has 0 heterocycles. The Morgan fingerprint density at radius 3 is 1.00 bits per heavy atom. The Labute approximate surface area is 116 Å². The second-order valence-electron chi connectivity index (χ2n) is 5.35. The summed E-state index contributed by atoms with van der Waals surface area (Å²) in [6, 6.07) is 0. The summed E-state index contributed by atoms with van der Waals surface area (Å²) in [7, 11) is -2.06. The van der Waals surface area contributed by atoms with E-state index in [4.69, 9.17) is 0 Å². The second-order valence-corrected chi connectivity index (χ2v) is 15.1. The maximum atomic E-state index is 3.59. The van der Waals surface area contributed by atoms with Gasteiger partial charge < -0.3 is 9.96 Å². The first-order valence-electron chi connectivity index (χ1n) is 4.71. The first-order valence-corrected chi connectivity index (χ1v) is 11.7. The van der Waals surface area contributed by atoms with E-state index in [1.807, 2.05) is 0 Å². The topological polar surface area (TPSA) is 24.1 Å². The third kappa shape index (κ3) is 19.2. The van der Waals surface area contributed by atoms with Gasteiger partial charge in [0.05, 0.1) is 0 Å². The van der Waals surface area contributed by atoms with Gasteiger partial charge in [0, 0.05) is 50.8 Å². The van der Waals surface area contributed by atoms with Gasteiger partial charge in [-0.15, -0.1) is 0 Å². The van der Waals surface area contributed by atoms with Crippen LogP contribution in [0.15, 0.2) is 0 Å². The van der Waals surface area contributed by atoms with Crippen molar-refractivity contribution < 1.29 is 0 Å². The number of hydrogen-bond donors (Lipinski definition) is 2. The molecule has 0 rings (SSSR count). The Hall–Kier alpha value is 1.55. The second kappa shape index (κ2) is 8.67. The molecule has 0 aromatic heterocycles. The summed E-state index contributed by atoms with van der Waals surface area (Å²) in [5, 5.41) is 0. The number of nitrogens with one attached hydrogen (secondary N) is 2. The van der Waals surface area contributed by atoms with Crippen molar-refractivity contribution >= 4 is 54.2 Å². The summed E-state index contributed by atoms with van der Waals surface area (Å²) < 4.78 is 0. The molecule has 2 nitrogen and oxygen atoms in total. The fraction of sp³-hybridized carbons (Fsp3) is 1.00. The van der Waals surface area contributed by atoms with E-state index in [1.165, 1.54) is 0 Å². The van der Waals surface area contributed by atoms with E-state index in [1.54, 1.807) is 0 Å². The van der Waals surface area contributed by atoms with E-state index in [-0.39, 0.29) is 37.7 Å². The van der Waals surface area contributed by atoms with Gasteiger partial charge in [-0.3, -0.25) is 0 Å². The standard InChI is InChI=1S/C8H24N2Si2.2Li/c1-11(2,3)9-7-8-10-12(4,5)6;;/h9-10H,7-8H2,1-6H3;;. The van der Waals surface area contributed by atoms with E-state index >= 15 is 0 Å². The first kappa shape index (κ1) is 20.9. The predicted molar refractivity (Wildman–Crippen MR) is 74.2 cm³/mol. The maximum absolute atomic E-state index is 3.59. The van der Waals surface area contributed by atoms with E-state index in [2.05, 4.69) is 49.2 Å². The molecule has 0 aromatic rings. The third-order valence-corrected chi connectivity index (χ3v) is 4.06. The van der Waals surface area contributed by atoms with Crippen molar-refractivity contribution in [3.63, 3.8) is 0 Å². The molecule has 0 bridgehead atoms. The zero-order valence-electron chi connectivity index (χ0n) is 11.4. The molecular weight excluding hydrogens is 194 g/mol. The van der Waals surface area contributed by atoms with Crippen LogP contribution in [0.5, 0.6) is 0 Å². The molecule has 0 aliphatic heterocycles. The van der Waals surface area contributed by atoms with Crippen LogP contribution < -0.4 is 9.96 Å². The Kier molecular flexibility index (Phi) is 12.9. The van der Waals surface area contributed by atoms with Crippen LogP contribution in [0.2, 0.25) is 39.3 Å². The molecule has 14 heavy (non-hydrogen) atoms. The average molecular weight is 218 g/mol. The van der Waals surface area contributed by atoms with Crippen LogP contribution in [0, 0.1) is 0 Å². The van der Waals surface area contributed by atoms with Gasteiger partial charge >= 0.3 is 0 Å². The van der Waals surface area contributed by atoms with E-state index < -0.39 is 16.5 Å². The molecule has 2 N–H and O–H groups in total. The third-order valence-electron chi connectivity index (χ3n) is 1.44. The molecule has 0 saturated heterocycles. The Morgan fingerprint density at radius 2 is 0.857 bits per heavy atom. The fourth-order valence-corrected chi connectivity index (χ4v) is 2.62. The van der Waals surface area contributed by atoms with Crippen molar-refractivity contribution in [3.8, 4) is 0 Å². The molecule has 0 unspecified atom stereocenters.